The Balaban J connectivity index is 1.37. The van der Waals surface area contributed by atoms with E-state index >= 15 is 0 Å². The summed E-state index contributed by atoms with van der Waals surface area (Å²) in [5.41, 5.74) is 2.19. The Labute approximate surface area is 158 Å². The van der Waals surface area contributed by atoms with Gasteiger partial charge in [0.05, 0.1) is 0 Å². The Hall–Kier alpha value is -2.34. The van der Waals surface area contributed by atoms with Crippen molar-refractivity contribution in [1.82, 2.24) is 10.2 Å². The van der Waals surface area contributed by atoms with Crippen LogP contribution in [0.3, 0.4) is 0 Å². The SMILES string of the molecule is CCN1CCCC1CNC(=O)COc1ccc2c3c(c(=O)oc2c1)CCC3. The summed E-state index contributed by atoms with van der Waals surface area (Å²) < 4.78 is 11.1. The van der Waals surface area contributed by atoms with Crippen LogP contribution in [-0.4, -0.2) is 43.1 Å². The van der Waals surface area contributed by atoms with Crippen LogP contribution in [0, 0.1) is 0 Å². The van der Waals surface area contributed by atoms with Gasteiger partial charge in [-0.25, -0.2) is 4.79 Å². The zero-order valence-electron chi connectivity index (χ0n) is 15.8. The van der Waals surface area contributed by atoms with Crippen molar-refractivity contribution in [3.63, 3.8) is 0 Å². The van der Waals surface area contributed by atoms with Gasteiger partial charge in [-0.1, -0.05) is 6.92 Å². The maximum absolute atomic E-state index is 12.1. The van der Waals surface area contributed by atoms with Crippen molar-refractivity contribution in [2.75, 3.05) is 26.2 Å². The normalized spacial score (nSPS) is 19.4. The molecule has 0 saturated carbocycles. The van der Waals surface area contributed by atoms with Crippen LogP contribution in [0.4, 0.5) is 0 Å². The molecule has 1 unspecified atom stereocenters. The first kappa shape index (κ1) is 18.0. The molecule has 1 N–H and O–H groups in total. The molecular formula is C21H26N2O4. The van der Waals surface area contributed by atoms with Crippen LogP contribution in [0.2, 0.25) is 0 Å². The van der Waals surface area contributed by atoms with Crippen LogP contribution in [-0.2, 0) is 17.6 Å². The Kier molecular flexibility index (Phi) is 5.16. The van der Waals surface area contributed by atoms with Gasteiger partial charge in [0.1, 0.15) is 11.3 Å². The Morgan fingerprint density at radius 2 is 2.15 bits per heavy atom. The number of amides is 1. The molecular weight excluding hydrogens is 344 g/mol. The summed E-state index contributed by atoms with van der Waals surface area (Å²) in [6.07, 6.45) is 5.02. The van der Waals surface area contributed by atoms with E-state index in [9.17, 15) is 9.59 Å². The van der Waals surface area contributed by atoms with E-state index < -0.39 is 0 Å². The van der Waals surface area contributed by atoms with E-state index in [0.717, 1.165) is 55.3 Å². The van der Waals surface area contributed by atoms with Crippen molar-refractivity contribution < 1.29 is 13.9 Å². The van der Waals surface area contributed by atoms with E-state index in [-0.39, 0.29) is 18.1 Å². The van der Waals surface area contributed by atoms with Crippen molar-refractivity contribution >= 4 is 16.9 Å². The summed E-state index contributed by atoms with van der Waals surface area (Å²) in [5, 5.41) is 3.93. The van der Waals surface area contributed by atoms with E-state index in [0.29, 0.717) is 23.9 Å². The van der Waals surface area contributed by atoms with Gasteiger partial charge in [-0.2, -0.15) is 0 Å². The number of ether oxygens (including phenoxy) is 1. The van der Waals surface area contributed by atoms with Gasteiger partial charge in [-0.3, -0.25) is 9.69 Å². The molecule has 27 heavy (non-hydrogen) atoms. The highest BCUT2D eigenvalue weighted by Crippen LogP contribution is 2.29. The summed E-state index contributed by atoms with van der Waals surface area (Å²) in [5.74, 6) is 0.406. The van der Waals surface area contributed by atoms with E-state index in [1.807, 2.05) is 12.1 Å². The molecule has 1 aromatic carbocycles. The van der Waals surface area contributed by atoms with Crippen molar-refractivity contribution in [2.24, 2.45) is 0 Å². The molecule has 1 fully saturated rings. The number of nitrogens with one attached hydrogen (secondary N) is 1. The average molecular weight is 370 g/mol. The number of carbonyl (C=O) groups excluding carboxylic acids is 1. The quantitative estimate of drug-likeness (QED) is 0.790. The zero-order valence-corrected chi connectivity index (χ0v) is 15.8. The number of rotatable bonds is 6. The number of nitrogens with zero attached hydrogens (tertiary/aromatic N) is 1. The molecule has 2 aromatic rings. The molecule has 0 spiro atoms. The largest absolute Gasteiger partial charge is 0.484 e. The fourth-order valence-electron chi connectivity index (χ4n) is 4.33. The standard InChI is InChI=1S/C21H26N2O4/c1-2-23-10-4-5-14(23)12-22-20(24)13-26-15-8-9-17-16-6-3-7-18(16)21(25)27-19(17)11-15/h8-9,11,14H,2-7,10,12-13H2,1H3,(H,22,24). The van der Waals surface area contributed by atoms with E-state index in [1.54, 1.807) is 6.07 Å². The third kappa shape index (κ3) is 3.72. The predicted octanol–water partition coefficient (Wildman–Crippen LogP) is 2.26. The molecule has 1 amide bonds. The minimum Gasteiger partial charge on any atom is -0.484 e. The highest BCUT2D eigenvalue weighted by molar-refractivity contribution is 5.83. The molecule has 144 valence electrons. The molecule has 1 aliphatic heterocycles. The van der Waals surface area contributed by atoms with Crippen molar-refractivity contribution in [3.05, 3.63) is 39.7 Å². The molecule has 2 aliphatic rings. The van der Waals surface area contributed by atoms with Gasteiger partial charge in [0.2, 0.25) is 0 Å². The number of aryl methyl sites for hydroxylation is 1. The molecule has 4 rings (SSSR count). The van der Waals surface area contributed by atoms with Crippen LogP contribution in [0.15, 0.2) is 27.4 Å². The molecule has 6 nitrogen and oxygen atoms in total. The molecule has 0 radical (unpaired) electrons. The van der Waals surface area contributed by atoms with Crippen LogP contribution in [0.1, 0.15) is 37.3 Å². The van der Waals surface area contributed by atoms with Gasteiger partial charge in [-0.05, 0) is 62.9 Å². The number of hydrogen-bond acceptors (Lipinski definition) is 5. The predicted molar refractivity (Wildman–Crippen MR) is 103 cm³/mol. The second-order valence-electron chi connectivity index (χ2n) is 7.38. The second-order valence-corrected chi connectivity index (χ2v) is 7.38. The highest BCUT2D eigenvalue weighted by Gasteiger charge is 2.23. The van der Waals surface area contributed by atoms with E-state index in [2.05, 4.69) is 17.1 Å². The Morgan fingerprint density at radius 3 is 3.00 bits per heavy atom. The fraction of sp³-hybridized carbons (Fsp3) is 0.524. The van der Waals surface area contributed by atoms with Crippen LogP contribution in [0.25, 0.3) is 11.0 Å². The second kappa shape index (κ2) is 7.72. The lowest BCUT2D eigenvalue weighted by Crippen LogP contribution is -2.41. The smallest absolute Gasteiger partial charge is 0.339 e. The van der Waals surface area contributed by atoms with Gasteiger partial charge in [0.25, 0.3) is 5.91 Å². The number of benzene rings is 1. The molecule has 0 bridgehead atoms. The topological polar surface area (TPSA) is 71.8 Å². The number of fused-ring (bicyclic) bond motifs is 3. The summed E-state index contributed by atoms with van der Waals surface area (Å²) in [7, 11) is 0. The van der Waals surface area contributed by atoms with E-state index in [1.165, 1.54) is 6.42 Å². The lowest BCUT2D eigenvalue weighted by Gasteiger charge is -2.22. The van der Waals surface area contributed by atoms with Gasteiger partial charge in [-0.15, -0.1) is 0 Å². The molecule has 1 saturated heterocycles. The number of carbonyl (C=O) groups is 1. The first-order valence-electron chi connectivity index (χ1n) is 9.88. The monoisotopic (exact) mass is 370 g/mol. The van der Waals surface area contributed by atoms with Gasteiger partial charge in [0, 0.05) is 29.6 Å². The molecule has 2 heterocycles. The lowest BCUT2D eigenvalue weighted by atomic mass is 10.1. The van der Waals surface area contributed by atoms with Gasteiger partial charge in [0.15, 0.2) is 6.61 Å². The average Bonchev–Trinajstić information content (AvgIpc) is 3.34. The third-order valence-corrected chi connectivity index (χ3v) is 5.76. The third-order valence-electron chi connectivity index (χ3n) is 5.76. The number of likely N-dealkylation sites (tertiary alicyclic amines) is 1. The summed E-state index contributed by atoms with van der Waals surface area (Å²) in [6.45, 7) is 4.90. The zero-order chi connectivity index (χ0) is 18.8. The van der Waals surface area contributed by atoms with Gasteiger partial charge >= 0.3 is 5.63 Å². The number of hydrogen-bond donors (Lipinski definition) is 1. The summed E-state index contributed by atoms with van der Waals surface area (Å²) >= 11 is 0. The Bertz CT molecular complexity index is 905. The van der Waals surface area contributed by atoms with Crippen molar-refractivity contribution in [3.8, 4) is 5.75 Å². The first-order chi connectivity index (χ1) is 13.2. The Morgan fingerprint density at radius 1 is 1.30 bits per heavy atom. The molecule has 1 aromatic heterocycles. The maximum Gasteiger partial charge on any atom is 0.339 e. The van der Waals surface area contributed by atoms with Gasteiger partial charge < -0.3 is 14.5 Å². The fourth-order valence-corrected chi connectivity index (χ4v) is 4.33. The minimum absolute atomic E-state index is 0.0421. The molecule has 1 aliphatic carbocycles. The van der Waals surface area contributed by atoms with Crippen molar-refractivity contribution in [1.29, 1.82) is 0 Å². The summed E-state index contributed by atoms with van der Waals surface area (Å²) in [6, 6.07) is 5.89. The summed E-state index contributed by atoms with van der Waals surface area (Å²) in [4.78, 5) is 26.6. The van der Waals surface area contributed by atoms with Crippen LogP contribution in [0.5, 0.6) is 5.75 Å². The minimum atomic E-state index is -0.248. The first-order valence-corrected chi connectivity index (χ1v) is 9.88. The van der Waals surface area contributed by atoms with Crippen LogP contribution >= 0.6 is 0 Å². The number of likely N-dealkylation sites (N-methyl/N-ethyl adjacent to an activating group) is 1. The van der Waals surface area contributed by atoms with E-state index in [4.69, 9.17) is 9.15 Å². The maximum atomic E-state index is 12.1. The lowest BCUT2D eigenvalue weighted by molar-refractivity contribution is -0.123. The molecule has 1 atom stereocenters. The van der Waals surface area contributed by atoms with Crippen LogP contribution < -0.4 is 15.7 Å². The highest BCUT2D eigenvalue weighted by atomic mass is 16.5. The molecule has 6 heteroatoms. The van der Waals surface area contributed by atoms with Crippen molar-refractivity contribution in [2.45, 2.75) is 45.1 Å².